The minimum Gasteiger partial charge on any atom is -0.353 e. The summed E-state index contributed by atoms with van der Waals surface area (Å²) in [6, 6.07) is -0.193. The first kappa shape index (κ1) is 15.0. The summed E-state index contributed by atoms with van der Waals surface area (Å²) < 4.78 is 1.90. The van der Waals surface area contributed by atoms with Crippen molar-refractivity contribution in [1.82, 2.24) is 19.8 Å². The lowest BCUT2D eigenvalue weighted by Gasteiger charge is -2.21. The molecule has 0 aromatic carbocycles. The van der Waals surface area contributed by atoms with Crippen molar-refractivity contribution in [1.29, 1.82) is 0 Å². The topological polar surface area (TPSA) is 50.2 Å². The van der Waals surface area contributed by atoms with E-state index in [2.05, 4.69) is 15.2 Å². The van der Waals surface area contributed by atoms with E-state index in [9.17, 15) is 4.79 Å². The summed E-state index contributed by atoms with van der Waals surface area (Å²) in [5.74, 6) is 0.945. The Balaban J connectivity index is 1.73. The largest absolute Gasteiger partial charge is 0.353 e. The Labute approximate surface area is 121 Å². The zero-order valence-corrected chi connectivity index (χ0v) is 12.6. The number of nitrogens with one attached hydrogen (secondary N) is 1. The molecule has 1 aliphatic rings. The normalized spacial score (nSPS) is 18.5. The van der Waals surface area contributed by atoms with E-state index in [1.165, 1.54) is 38.8 Å². The van der Waals surface area contributed by atoms with E-state index in [1.54, 1.807) is 6.20 Å². The monoisotopic (exact) mass is 278 g/mol. The van der Waals surface area contributed by atoms with Gasteiger partial charge in [0.15, 0.2) is 0 Å². The lowest BCUT2D eigenvalue weighted by Crippen LogP contribution is -2.38. The van der Waals surface area contributed by atoms with Crippen LogP contribution in [0.3, 0.4) is 0 Å². The molecule has 0 bridgehead atoms. The van der Waals surface area contributed by atoms with E-state index < -0.39 is 0 Å². The van der Waals surface area contributed by atoms with Crippen LogP contribution in [-0.4, -0.2) is 46.5 Å². The number of aromatic nitrogens is 2. The zero-order valence-electron chi connectivity index (χ0n) is 12.6. The third-order valence-electron chi connectivity index (χ3n) is 4.08. The first-order valence-corrected chi connectivity index (χ1v) is 7.68. The van der Waals surface area contributed by atoms with Gasteiger partial charge in [0.2, 0.25) is 5.91 Å². The maximum Gasteiger partial charge on any atom is 0.242 e. The van der Waals surface area contributed by atoms with Crippen LogP contribution < -0.4 is 5.32 Å². The Morgan fingerprint density at radius 1 is 1.35 bits per heavy atom. The van der Waals surface area contributed by atoms with Gasteiger partial charge in [0, 0.05) is 25.5 Å². The lowest BCUT2D eigenvalue weighted by molar-refractivity contribution is -0.123. The number of likely N-dealkylation sites (tertiary alicyclic amines) is 1. The Kier molecular flexibility index (Phi) is 5.59. The maximum absolute atomic E-state index is 12.1. The molecule has 1 amide bonds. The SMILES string of the molecule is Cc1nccn1[C@H](C)C(=O)NCCN1CCCCCC1. The molecule has 2 rings (SSSR count). The number of hydrogen-bond donors (Lipinski definition) is 1. The van der Waals surface area contributed by atoms with Gasteiger partial charge in [-0.1, -0.05) is 12.8 Å². The number of carbonyl (C=O) groups is 1. The van der Waals surface area contributed by atoms with Gasteiger partial charge in [0.25, 0.3) is 0 Å². The molecule has 5 nitrogen and oxygen atoms in total. The standard InChI is InChI=1S/C15H26N4O/c1-13(19-12-8-16-14(19)2)15(20)17-7-11-18-9-5-3-4-6-10-18/h8,12-13H,3-7,9-11H2,1-2H3,(H,17,20)/t13-/m1/s1. The molecule has 1 atom stereocenters. The van der Waals surface area contributed by atoms with Gasteiger partial charge in [0.1, 0.15) is 11.9 Å². The van der Waals surface area contributed by atoms with E-state index in [4.69, 9.17) is 0 Å². The Morgan fingerprint density at radius 2 is 2.05 bits per heavy atom. The highest BCUT2D eigenvalue weighted by molar-refractivity contribution is 5.79. The quantitative estimate of drug-likeness (QED) is 0.892. The molecule has 0 radical (unpaired) electrons. The van der Waals surface area contributed by atoms with Crippen molar-refractivity contribution < 1.29 is 4.79 Å². The van der Waals surface area contributed by atoms with E-state index in [1.807, 2.05) is 24.6 Å². The van der Waals surface area contributed by atoms with Gasteiger partial charge >= 0.3 is 0 Å². The summed E-state index contributed by atoms with van der Waals surface area (Å²) in [6.07, 6.45) is 8.86. The van der Waals surface area contributed by atoms with Gasteiger partial charge in [0.05, 0.1) is 0 Å². The summed E-state index contributed by atoms with van der Waals surface area (Å²) in [5.41, 5.74) is 0. The Bertz CT molecular complexity index is 421. The number of amides is 1. The molecule has 1 saturated heterocycles. The number of aryl methyl sites for hydroxylation is 1. The molecule has 20 heavy (non-hydrogen) atoms. The second kappa shape index (κ2) is 7.43. The van der Waals surface area contributed by atoms with Crippen LogP contribution in [0.15, 0.2) is 12.4 Å². The molecule has 0 spiro atoms. The fourth-order valence-electron chi connectivity index (χ4n) is 2.77. The molecule has 0 saturated carbocycles. The van der Waals surface area contributed by atoms with Crippen LogP contribution in [0.1, 0.15) is 44.5 Å². The van der Waals surface area contributed by atoms with Crippen molar-refractivity contribution >= 4 is 5.91 Å². The lowest BCUT2D eigenvalue weighted by atomic mass is 10.2. The first-order valence-electron chi connectivity index (χ1n) is 7.68. The summed E-state index contributed by atoms with van der Waals surface area (Å²) in [5, 5.41) is 3.04. The van der Waals surface area contributed by atoms with Crippen molar-refractivity contribution in [2.24, 2.45) is 0 Å². The molecule has 1 aliphatic heterocycles. The van der Waals surface area contributed by atoms with Crippen LogP contribution >= 0.6 is 0 Å². The first-order chi connectivity index (χ1) is 9.68. The second-order valence-corrected chi connectivity index (χ2v) is 5.60. The van der Waals surface area contributed by atoms with Crippen molar-refractivity contribution in [3.63, 3.8) is 0 Å². The van der Waals surface area contributed by atoms with Crippen LogP contribution in [0, 0.1) is 6.92 Å². The van der Waals surface area contributed by atoms with Gasteiger partial charge in [-0.05, 0) is 39.8 Å². The van der Waals surface area contributed by atoms with E-state index in [-0.39, 0.29) is 11.9 Å². The van der Waals surface area contributed by atoms with Crippen LogP contribution in [0.25, 0.3) is 0 Å². The van der Waals surface area contributed by atoms with Crippen molar-refractivity contribution in [3.8, 4) is 0 Å². The fraction of sp³-hybridized carbons (Fsp3) is 0.733. The third kappa shape index (κ3) is 4.07. The smallest absolute Gasteiger partial charge is 0.242 e. The number of rotatable bonds is 5. The Morgan fingerprint density at radius 3 is 2.65 bits per heavy atom. The van der Waals surface area contributed by atoms with Crippen LogP contribution in [0.5, 0.6) is 0 Å². The van der Waals surface area contributed by atoms with Crippen LogP contribution in [-0.2, 0) is 4.79 Å². The highest BCUT2D eigenvalue weighted by Crippen LogP contribution is 2.10. The fourth-order valence-corrected chi connectivity index (χ4v) is 2.77. The third-order valence-corrected chi connectivity index (χ3v) is 4.08. The summed E-state index contributed by atoms with van der Waals surface area (Å²) in [4.78, 5) is 18.7. The van der Waals surface area contributed by atoms with Gasteiger partial charge in [-0.15, -0.1) is 0 Å². The highest BCUT2D eigenvalue weighted by Gasteiger charge is 2.16. The molecule has 1 N–H and O–H groups in total. The van der Waals surface area contributed by atoms with Crippen molar-refractivity contribution in [2.75, 3.05) is 26.2 Å². The van der Waals surface area contributed by atoms with Crippen molar-refractivity contribution in [2.45, 2.75) is 45.6 Å². The highest BCUT2D eigenvalue weighted by atomic mass is 16.2. The molecule has 1 aromatic rings. The number of imidazole rings is 1. The molecule has 2 heterocycles. The second-order valence-electron chi connectivity index (χ2n) is 5.60. The molecule has 0 unspecified atom stereocenters. The average molecular weight is 278 g/mol. The van der Waals surface area contributed by atoms with Gasteiger partial charge in [-0.2, -0.15) is 0 Å². The number of nitrogens with zero attached hydrogens (tertiary/aromatic N) is 3. The van der Waals surface area contributed by atoms with E-state index >= 15 is 0 Å². The average Bonchev–Trinajstić information content (AvgIpc) is 2.71. The van der Waals surface area contributed by atoms with Crippen LogP contribution in [0.2, 0.25) is 0 Å². The molecular weight excluding hydrogens is 252 g/mol. The predicted octanol–water partition coefficient (Wildman–Crippen LogP) is 1.74. The van der Waals surface area contributed by atoms with Gasteiger partial charge in [-0.3, -0.25) is 4.79 Å². The van der Waals surface area contributed by atoms with Crippen LogP contribution in [0.4, 0.5) is 0 Å². The minimum absolute atomic E-state index is 0.0703. The molecule has 0 aliphatic carbocycles. The van der Waals surface area contributed by atoms with Gasteiger partial charge < -0.3 is 14.8 Å². The summed E-state index contributed by atoms with van der Waals surface area (Å²) in [7, 11) is 0. The zero-order chi connectivity index (χ0) is 14.4. The number of hydrogen-bond acceptors (Lipinski definition) is 3. The predicted molar refractivity (Wildman–Crippen MR) is 79.6 cm³/mol. The molecular formula is C15H26N4O. The molecule has 112 valence electrons. The Hall–Kier alpha value is -1.36. The van der Waals surface area contributed by atoms with E-state index in [0.717, 1.165) is 18.9 Å². The number of carbonyl (C=O) groups excluding carboxylic acids is 1. The van der Waals surface area contributed by atoms with Gasteiger partial charge in [-0.25, -0.2) is 4.98 Å². The summed E-state index contributed by atoms with van der Waals surface area (Å²) >= 11 is 0. The van der Waals surface area contributed by atoms with Crippen molar-refractivity contribution in [3.05, 3.63) is 18.2 Å². The molecule has 1 aromatic heterocycles. The summed E-state index contributed by atoms with van der Waals surface area (Å²) in [6.45, 7) is 7.87. The molecule has 5 heteroatoms. The molecule has 1 fully saturated rings. The minimum atomic E-state index is -0.193. The van der Waals surface area contributed by atoms with E-state index in [0.29, 0.717) is 0 Å². The maximum atomic E-state index is 12.1.